The van der Waals surface area contributed by atoms with E-state index in [1.54, 1.807) is 0 Å². The molecule has 0 bridgehead atoms. The van der Waals surface area contributed by atoms with E-state index in [1.165, 1.54) is 0 Å². The summed E-state index contributed by atoms with van der Waals surface area (Å²) in [7, 11) is 4.07. The van der Waals surface area contributed by atoms with E-state index in [-0.39, 0.29) is 11.3 Å². The summed E-state index contributed by atoms with van der Waals surface area (Å²) in [4.78, 5) is 13.9. The van der Waals surface area contributed by atoms with E-state index < -0.39 is 5.41 Å². The minimum absolute atomic E-state index is 0.0295. The monoisotopic (exact) mass is 229 g/mol. The zero-order chi connectivity index (χ0) is 13.0. The van der Waals surface area contributed by atoms with Gasteiger partial charge in [0.2, 0.25) is 5.91 Å². The van der Waals surface area contributed by atoms with E-state index in [0.717, 1.165) is 6.54 Å². The molecule has 0 aliphatic heterocycles. The van der Waals surface area contributed by atoms with Crippen molar-refractivity contribution in [2.24, 2.45) is 16.6 Å². The third kappa shape index (κ3) is 5.47. The largest absolute Gasteiger partial charge is 0.355 e. The zero-order valence-electron chi connectivity index (χ0n) is 11.6. The van der Waals surface area contributed by atoms with Gasteiger partial charge >= 0.3 is 0 Å². The van der Waals surface area contributed by atoms with Crippen LogP contribution in [0.1, 0.15) is 27.7 Å². The molecule has 0 aliphatic carbocycles. The molecule has 0 saturated carbocycles. The topological polar surface area (TPSA) is 58.4 Å². The number of amides is 1. The highest BCUT2D eigenvalue weighted by Crippen LogP contribution is 2.17. The van der Waals surface area contributed by atoms with E-state index in [2.05, 4.69) is 24.1 Å². The van der Waals surface area contributed by atoms with Crippen LogP contribution in [0.25, 0.3) is 0 Å². The summed E-state index contributed by atoms with van der Waals surface area (Å²) in [6, 6.07) is 0. The van der Waals surface area contributed by atoms with Crippen LogP contribution >= 0.6 is 0 Å². The second-order valence-corrected chi connectivity index (χ2v) is 6.17. The summed E-state index contributed by atoms with van der Waals surface area (Å²) < 4.78 is 0. The quantitative estimate of drug-likeness (QED) is 0.704. The second-order valence-electron chi connectivity index (χ2n) is 6.17. The Kier molecular flexibility index (Phi) is 5.42. The molecule has 16 heavy (non-hydrogen) atoms. The molecule has 0 fully saturated rings. The van der Waals surface area contributed by atoms with Crippen LogP contribution in [0.5, 0.6) is 0 Å². The van der Waals surface area contributed by atoms with E-state index in [4.69, 9.17) is 5.73 Å². The fraction of sp³-hybridized carbons (Fsp3) is 0.917. The van der Waals surface area contributed by atoms with Crippen molar-refractivity contribution in [2.45, 2.75) is 27.7 Å². The van der Waals surface area contributed by atoms with Crippen molar-refractivity contribution in [1.29, 1.82) is 0 Å². The predicted octanol–water partition coefficient (Wildman–Crippen LogP) is 0.675. The molecule has 0 aromatic heterocycles. The first-order chi connectivity index (χ1) is 7.10. The fourth-order valence-corrected chi connectivity index (χ4v) is 1.56. The maximum absolute atomic E-state index is 11.8. The van der Waals surface area contributed by atoms with Gasteiger partial charge in [-0.2, -0.15) is 0 Å². The van der Waals surface area contributed by atoms with Crippen LogP contribution in [0.2, 0.25) is 0 Å². The smallest absolute Gasteiger partial charge is 0.226 e. The average Bonchev–Trinajstić information content (AvgIpc) is 2.12. The highest BCUT2D eigenvalue weighted by molar-refractivity contribution is 5.82. The molecule has 96 valence electrons. The van der Waals surface area contributed by atoms with Gasteiger partial charge in [0.1, 0.15) is 0 Å². The normalized spacial score (nSPS) is 13.0. The van der Waals surface area contributed by atoms with Gasteiger partial charge in [0.15, 0.2) is 0 Å². The van der Waals surface area contributed by atoms with Gasteiger partial charge in [0.05, 0.1) is 5.41 Å². The Hall–Kier alpha value is -0.610. The van der Waals surface area contributed by atoms with Crippen LogP contribution in [-0.4, -0.2) is 44.5 Å². The van der Waals surface area contributed by atoms with Gasteiger partial charge in [-0.05, 0) is 33.4 Å². The van der Waals surface area contributed by atoms with Crippen molar-refractivity contribution in [2.75, 3.05) is 33.7 Å². The first-order valence-electron chi connectivity index (χ1n) is 5.74. The van der Waals surface area contributed by atoms with E-state index in [0.29, 0.717) is 13.1 Å². The van der Waals surface area contributed by atoms with Crippen molar-refractivity contribution in [3.05, 3.63) is 0 Å². The van der Waals surface area contributed by atoms with Crippen LogP contribution in [0.15, 0.2) is 0 Å². The molecular weight excluding hydrogens is 202 g/mol. The van der Waals surface area contributed by atoms with Crippen LogP contribution in [-0.2, 0) is 4.79 Å². The standard InChI is InChI=1S/C12H27N3O/c1-11(2,9-15(5)6)8-14-10(16)12(3,4)7-13/h7-9,13H2,1-6H3,(H,14,16). The first kappa shape index (κ1) is 15.4. The number of carbonyl (C=O) groups is 1. The van der Waals surface area contributed by atoms with Crippen LogP contribution in [0.4, 0.5) is 0 Å². The molecule has 0 spiro atoms. The molecule has 0 unspecified atom stereocenters. The summed E-state index contributed by atoms with van der Waals surface area (Å²) in [5.41, 5.74) is 5.15. The number of nitrogens with zero attached hydrogens (tertiary/aromatic N) is 1. The number of hydrogen-bond acceptors (Lipinski definition) is 3. The molecule has 1 amide bonds. The first-order valence-corrected chi connectivity index (χ1v) is 5.74. The van der Waals surface area contributed by atoms with E-state index >= 15 is 0 Å². The maximum atomic E-state index is 11.8. The Morgan fingerprint density at radius 1 is 1.25 bits per heavy atom. The summed E-state index contributed by atoms with van der Waals surface area (Å²) in [5.74, 6) is 0.0295. The molecule has 3 N–H and O–H groups in total. The maximum Gasteiger partial charge on any atom is 0.226 e. The lowest BCUT2D eigenvalue weighted by Gasteiger charge is -2.30. The third-order valence-corrected chi connectivity index (χ3v) is 2.60. The van der Waals surface area contributed by atoms with Crippen LogP contribution < -0.4 is 11.1 Å². The second kappa shape index (κ2) is 5.64. The van der Waals surface area contributed by atoms with Gasteiger partial charge in [-0.15, -0.1) is 0 Å². The average molecular weight is 229 g/mol. The number of nitrogens with one attached hydrogen (secondary N) is 1. The Morgan fingerprint density at radius 3 is 2.12 bits per heavy atom. The molecule has 4 nitrogen and oxygen atoms in total. The summed E-state index contributed by atoms with van der Waals surface area (Å²) >= 11 is 0. The minimum Gasteiger partial charge on any atom is -0.355 e. The number of rotatable bonds is 6. The van der Waals surface area contributed by atoms with E-state index in [9.17, 15) is 4.79 Å². The van der Waals surface area contributed by atoms with Gasteiger partial charge in [0, 0.05) is 19.6 Å². The molecular formula is C12H27N3O. The number of carbonyl (C=O) groups excluding carboxylic acids is 1. The number of nitrogens with two attached hydrogens (primary N) is 1. The molecule has 0 aliphatic rings. The lowest BCUT2D eigenvalue weighted by Crippen LogP contribution is -2.46. The molecule has 0 rings (SSSR count). The van der Waals surface area contributed by atoms with Crippen molar-refractivity contribution >= 4 is 5.91 Å². The Bertz CT molecular complexity index is 234. The minimum atomic E-state index is -0.478. The van der Waals surface area contributed by atoms with Gasteiger partial charge in [-0.3, -0.25) is 4.79 Å². The molecule has 0 atom stereocenters. The molecule has 0 saturated heterocycles. The highest BCUT2D eigenvalue weighted by atomic mass is 16.2. The van der Waals surface area contributed by atoms with Gasteiger partial charge in [-0.25, -0.2) is 0 Å². The van der Waals surface area contributed by atoms with Crippen molar-refractivity contribution in [3.63, 3.8) is 0 Å². The van der Waals surface area contributed by atoms with Gasteiger partial charge < -0.3 is 16.0 Å². The summed E-state index contributed by atoms with van der Waals surface area (Å²) in [6.45, 7) is 9.99. The molecule has 0 aromatic carbocycles. The molecule has 0 heterocycles. The number of hydrogen-bond donors (Lipinski definition) is 2. The molecule has 0 aromatic rings. The zero-order valence-corrected chi connectivity index (χ0v) is 11.6. The lowest BCUT2D eigenvalue weighted by molar-refractivity contribution is -0.129. The lowest BCUT2D eigenvalue weighted by atomic mass is 9.90. The predicted molar refractivity (Wildman–Crippen MR) is 68.2 cm³/mol. The highest BCUT2D eigenvalue weighted by Gasteiger charge is 2.27. The van der Waals surface area contributed by atoms with Crippen LogP contribution in [0.3, 0.4) is 0 Å². The fourth-order valence-electron chi connectivity index (χ4n) is 1.56. The summed E-state index contributed by atoms with van der Waals surface area (Å²) in [6.07, 6.45) is 0. The SMILES string of the molecule is CN(C)CC(C)(C)CNC(=O)C(C)(C)CN. The van der Waals surface area contributed by atoms with Crippen molar-refractivity contribution in [1.82, 2.24) is 10.2 Å². The van der Waals surface area contributed by atoms with E-state index in [1.807, 2.05) is 27.9 Å². The Labute approximate surface area is 99.6 Å². The van der Waals surface area contributed by atoms with Gasteiger partial charge in [0.25, 0.3) is 0 Å². The molecule has 0 radical (unpaired) electrons. The Morgan fingerprint density at radius 2 is 1.75 bits per heavy atom. The third-order valence-electron chi connectivity index (χ3n) is 2.60. The van der Waals surface area contributed by atoms with Crippen LogP contribution in [0, 0.1) is 10.8 Å². The van der Waals surface area contributed by atoms with Gasteiger partial charge in [-0.1, -0.05) is 13.8 Å². The molecule has 4 heteroatoms. The summed E-state index contributed by atoms with van der Waals surface area (Å²) in [5, 5.41) is 2.97. The Balaban J connectivity index is 4.19. The van der Waals surface area contributed by atoms with Crippen molar-refractivity contribution in [3.8, 4) is 0 Å². The van der Waals surface area contributed by atoms with Crippen molar-refractivity contribution < 1.29 is 4.79 Å².